The van der Waals surface area contributed by atoms with E-state index in [0.29, 0.717) is 63.0 Å². The van der Waals surface area contributed by atoms with Crippen LogP contribution in [0, 0.1) is 0 Å². The Balaban J connectivity index is 1.71. The smallest absolute Gasteiger partial charge is 0.307 e. The number of carboxylic acid groups (broad SMARTS) is 1. The van der Waals surface area contributed by atoms with E-state index in [1.54, 1.807) is 66.7 Å². The molecule has 0 bridgehead atoms. The van der Waals surface area contributed by atoms with E-state index in [2.05, 4.69) is 10.6 Å². The molecular formula is C29H31ClN4O5S. The number of hydrogen-bond acceptors (Lipinski definition) is 6. The van der Waals surface area contributed by atoms with E-state index >= 15 is 0 Å². The fraction of sp³-hybridized carbons (Fsp3) is 0.241. The number of rotatable bonds is 11. The first-order chi connectivity index (χ1) is 18.9. The van der Waals surface area contributed by atoms with Gasteiger partial charge in [0.1, 0.15) is 0 Å². The van der Waals surface area contributed by atoms with Gasteiger partial charge in [0.05, 0.1) is 35.3 Å². The summed E-state index contributed by atoms with van der Waals surface area (Å²) in [6.07, 6.45) is 1.74. The summed E-state index contributed by atoms with van der Waals surface area (Å²) in [5.41, 5.74) is 4.66. The summed E-state index contributed by atoms with van der Waals surface area (Å²) < 4.78 is 26.4. The lowest BCUT2D eigenvalue weighted by atomic mass is 9.98. The molecule has 3 aromatic rings. The summed E-state index contributed by atoms with van der Waals surface area (Å²) in [7, 11) is 0.393. The molecule has 0 fully saturated rings. The van der Waals surface area contributed by atoms with Crippen LogP contribution in [0.1, 0.15) is 23.1 Å². The minimum Gasteiger partial charge on any atom is -0.481 e. The zero-order chi connectivity index (χ0) is 29.0. The van der Waals surface area contributed by atoms with Gasteiger partial charge in [-0.2, -0.15) is 0 Å². The molecule has 1 aliphatic heterocycles. The van der Waals surface area contributed by atoms with Crippen molar-refractivity contribution in [2.24, 2.45) is 0 Å². The van der Waals surface area contributed by atoms with Crippen LogP contribution in [0.5, 0.6) is 0 Å². The number of carbonyl (C=O) groups is 2. The van der Waals surface area contributed by atoms with E-state index in [-0.39, 0.29) is 12.3 Å². The highest BCUT2D eigenvalue weighted by molar-refractivity contribution is 7.92. The lowest BCUT2D eigenvalue weighted by molar-refractivity contribution is -0.136. The number of hydrogen-bond donors (Lipinski definition) is 3. The number of nitrogens with one attached hydrogen (secondary N) is 2. The van der Waals surface area contributed by atoms with Crippen molar-refractivity contribution in [3.63, 3.8) is 0 Å². The third-order valence-electron chi connectivity index (χ3n) is 6.37. The largest absolute Gasteiger partial charge is 0.481 e. The molecule has 1 aliphatic rings. The van der Waals surface area contributed by atoms with Crippen molar-refractivity contribution in [3.05, 3.63) is 88.4 Å². The minimum atomic E-state index is -3.49. The molecule has 0 unspecified atom stereocenters. The topological polar surface area (TPSA) is 119 Å². The Morgan fingerprint density at radius 2 is 1.68 bits per heavy atom. The van der Waals surface area contributed by atoms with Crippen molar-refractivity contribution in [3.8, 4) is 0 Å². The van der Waals surface area contributed by atoms with Gasteiger partial charge < -0.3 is 20.6 Å². The molecule has 0 radical (unpaired) electrons. The highest BCUT2D eigenvalue weighted by Gasteiger charge is 2.29. The number of benzene rings is 3. The van der Waals surface area contributed by atoms with Crippen molar-refractivity contribution in [1.82, 2.24) is 4.90 Å². The fourth-order valence-electron chi connectivity index (χ4n) is 4.51. The summed E-state index contributed by atoms with van der Waals surface area (Å²) in [4.78, 5) is 26.3. The third-order valence-corrected chi connectivity index (χ3v) is 7.79. The third kappa shape index (κ3) is 7.01. The van der Waals surface area contributed by atoms with E-state index in [4.69, 9.17) is 16.7 Å². The molecule has 0 saturated heterocycles. The van der Waals surface area contributed by atoms with Crippen LogP contribution in [-0.2, 0) is 26.0 Å². The number of amides is 1. The predicted molar refractivity (Wildman–Crippen MR) is 160 cm³/mol. The maximum absolute atomic E-state index is 13.2. The monoisotopic (exact) mass is 582 g/mol. The maximum atomic E-state index is 13.2. The van der Waals surface area contributed by atoms with E-state index in [1.807, 2.05) is 19.0 Å². The second kappa shape index (κ2) is 12.1. The van der Waals surface area contributed by atoms with E-state index < -0.39 is 16.0 Å². The van der Waals surface area contributed by atoms with Crippen LogP contribution >= 0.6 is 11.6 Å². The predicted octanol–water partition coefficient (Wildman–Crippen LogP) is 4.62. The van der Waals surface area contributed by atoms with Gasteiger partial charge in [0.15, 0.2) is 0 Å². The zero-order valence-electron chi connectivity index (χ0n) is 22.4. The fourth-order valence-corrected chi connectivity index (χ4v) is 5.65. The Labute approximate surface area is 239 Å². The summed E-state index contributed by atoms with van der Waals surface area (Å²) in [5.74, 6) is -1.24. The molecule has 11 heteroatoms. The molecule has 0 saturated carbocycles. The lowest BCUT2D eigenvalue weighted by Gasteiger charge is -2.24. The Morgan fingerprint density at radius 1 is 1.00 bits per heavy atom. The zero-order valence-corrected chi connectivity index (χ0v) is 24.0. The number of nitrogens with zero attached hydrogens (tertiary/aromatic N) is 2. The number of carbonyl (C=O) groups excluding carboxylic acids is 1. The molecule has 0 aromatic heterocycles. The van der Waals surface area contributed by atoms with Gasteiger partial charge in [-0.3, -0.25) is 13.9 Å². The van der Waals surface area contributed by atoms with Crippen molar-refractivity contribution in [1.29, 1.82) is 0 Å². The van der Waals surface area contributed by atoms with Crippen LogP contribution in [-0.4, -0.2) is 63.7 Å². The van der Waals surface area contributed by atoms with Gasteiger partial charge in [-0.15, -0.1) is 0 Å². The van der Waals surface area contributed by atoms with E-state index in [1.165, 1.54) is 10.6 Å². The SMILES string of the molecule is CN(C)CCCN(c1ccc(N/C(=C2\C(=O)Nc3cc(Cl)ccc32)c2ccc(CC(=O)O)cc2)cc1)S(C)(=O)=O. The van der Waals surface area contributed by atoms with Gasteiger partial charge in [-0.1, -0.05) is 41.9 Å². The Bertz CT molecular complexity index is 1550. The first-order valence-electron chi connectivity index (χ1n) is 12.6. The molecule has 3 N–H and O–H groups in total. The average molecular weight is 583 g/mol. The first-order valence-corrected chi connectivity index (χ1v) is 14.8. The van der Waals surface area contributed by atoms with Gasteiger partial charge in [0.2, 0.25) is 10.0 Å². The van der Waals surface area contributed by atoms with Crippen molar-refractivity contribution in [2.45, 2.75) is 12.8 Å². The second-order valence-electron chi connectivity index (χ2n) is 9.83. The Kier molecular flexibility index (Phi) is 8.82. The van der Waals surface area contributed by atoms with Crippen LogP contribution in [0.3, 0.4) is 0 Å². The molecule has 0 aliphatic carbocycles. The van der Waals surface area contributed by atoms with Crippen LogP contribution < -0.4 is 14.9 Å². The van der Waals surface area contributed by atoms with Crippen LogP contribution in [0.15, 0.2) is 66.7 Å². The Hall–Kier alpha value is -3.86. The van der Waals surface area contributed by atoms with Crippen molar-refractivity contribution < 1.29 is 23.1 Å². The van der Waals surface area contributed by atoms with Gasteiger partial charge >= 0.3 is 5.97 Å². The van der Waals surface area contributed by atoms with Crippen LogP contribution in [0.25, 0.3) is 11.3 Å². The van der Waals surface area contributed by atoms with Crippen molar-refractivity contribution in [2.75, 3.05) is 48.4 Å². The number of sulfonamides is 1. The van der Waals surface area contributed by atoms with Crippen molar-refractivity contribution >= 4 is 61.8 Å². The summed E-state index contributed by atoms with van der Waals surface area (Å²) >= 11 is 6.14. The normalized spacial score (nSPS) is 14.1. The molecule has 0 spiro atoms. The number of halogens is 1. The quantitative estimate of drug-likeness (QED) is 0.282. The molecule has 210 valence electrons. The summed E-state index contributed by atoms with van der Waals surface area (Å²) in [6.45, 7) is 1.10. The molecule has 1 heterocycles. The van der Waals surface area contributed by atoms with E-state index in [9.17, 15) is 18.0 Å². The van der Waals surface area contributed by atoms with Gasteiger partial charge in [0.25, 0.3) is 5.91 Å². The molecule has 0 atom stereocenters. The molecular weight excluding hydrogens is 552 g/mol. The second-order valence-corrected chi connectivity index (χ2v) is 12.2. The molecule has 3 aromatic carbocycles. The highest BCUT2D eigenvalue weighted by atomic mass is 35.5. The molecule has 9 nitrogen and oxygen atoms in total. The van der Waals surface area contributed by atoms with E-state index in [0.717, 1.165) is 6.54 Å². The number of fused-ring (bicyclic) bond motifs is 1. The standard InChI is InChI=1S/C29H31ClN4O5S/c1-33(2)15-4-16-34(40(3,38)39)23-12-10-22(11-13-23)31-28(20-7-5-19(6-8-20)17-26(35)36)27-24-14-9-21(30)18-25(24)32-29(27)37/h5-14,18,31H,4,15-17H2,1-3H3,(H,32,37)(H,35,36)/b28-27-. The number of aliphatic carboxylic acids is 1. The maximum Gasteiger partial charge on any atom is 0.307 e. The summed E-state index contributed by atoms with van der Waals surface area (Å²) in [6, 6.07) is 19.1. The van der Waals surface area contributed by atoms with Gasteiger partial charge in [-0.25, -0.2) is 8.42 Å². The van der Waals surface area contributed by atoms with Crippen LogP contribution in [0.4, 0.5) is 17.1 Å². The molecule has 1 amide bonds. The minimum absolute atomic E-state index is 0.117. The first kappa shape index (κ1) is 29.1. The lowest BCUT2D eigenvalue weighted by Crippen LogP contribution is -2.32. The molecule has 40 heavy (non-hydrogen) atoms. The van der Waals surface area contributed by atoms with Crippen LogP contribution in [0.2, 0.25) is 5.02 Å². The molecule has 4 rings (SSSR count). The number of carboxylic acids is 1. The summed E-state index contributed by atoms with van der Waals surface area (Å²) in [5, 5.41) is 15.8. The van der Waals surface area contributed by atoms with Gasteiger partial charge in [-0.05, 0) is 74.6 Å². The van der Waals surface area contributed by atoms with Gasteiger partial charge in [0, 0.05) is 22.8 Å². The Morgan fingerprint density at radius 3 is 2.27 bits per heavy atom. The number of anilines is 3. The highest BCUT2D eigenvalue weighted by Crippen LogP contribution is 2.39. The average Bonchev–Trinajstić information content (AvgIpc) is 3.19.